The summed E-state index contributed by atoms with van der Waals surface area (Å²) in [5.74, 6) is 0.0732. The highest BCUT2D eigenvalue weighted by atomic mass is 32.1. The molecule has 0 spiro atoms. The van der Waals surface area contributed by atoms with Crippen LogP contribution >= 0.6 is 12.6 Å². The van der Waals surface area contributed by atoms with Crippen molar-refractivity contribution < 1.29 is 4.79 Å². The Hall–Kier alpha value is -0.960. The molecule has 17 heavy (non-hydrogen) atoms. The molecule has 1 aromatic rings. The Morgan fingerprint density at radius 1 is 1.29 bits per heavy atom. The molecule has 1 unspecified atom stereocenters. The number of hydrogen-bond donors (Lipinski definition) is 2. The topological polar surface area (TPSA) is 29.1 Å². The third kappa shape index (κ3) is 3.77. The molecule has 1 aliphatic rings. The Morgan fingerprint density at radius 2 is 1.94 bits per heavy atom. The molecular formula is C14H19NOS. The second kappa shape index (κ2) is 6.10. The molecular weight excluding hydrogens is 230 g/mol. The summed E-state index contributed by atoms with van der Waals surface area (Å²) in [6.45, 7) is 0. The molecule has 1 N–H and O–H groups in total. The number of amides is 1. The van der Waals surface area contributed by atoms with Gasteiger partial charge in [-0.25, -0.2) is 0 Å². The summed E-state index contributed by atoms with van der Waals surface area (Å²) in [7, 11) is 0. The highest BCUT2D eigenvalue weighted by molar-refractivity contribution is 7.81. The summed E-state index contributed by atoms with van der Waals surface area (Å²) in [6.07, 6.45) is 5.42. The van der Waals surface area contributed by atoms with Gasteiger partial charge in [0.15, 0.2) is 0 Å². The van der Waals surface area contributed by atoms with E-state index < -0.39 is 0 Å². The molecule has 1 aliphatic carbocycles. The summed E-state index contributed by atoms with van der Waals surface area (Å²) in [4.78, 5) is 11.9. The second-order valence-corrected chi connectivity index (χ2v) is 5.32. The van der Waals surface area contributed by atoms with E-state index in [2.05, 4.69) is 17.9 Å². The van der Waals surface area contributed by atoms with Crippen LogP contribution in [0.1, 0.15) is 31.2 Å². The molecule has 3 heteroatoms. The van der Waals surface area contributed by atoms with Gasteiger partial charge in [0.05, 0.1) is 5.25 Å². The van der Waals surface area contributed by atoms with Gasteiger partial charge in [-0.2, -0.15) is 12.6 Å². The van der Waals surface area contributed by atoms with Crippen LogP contribution in [0.25, 0.3) is 0 Å². The van der Waals surface area contributed by atoms with Gasteiger partial charge in [0.1, 0.15) is 0 Å². The van der Waals surface area contributed by atoms with Crippen molar-refractivity contribution in [2.45, 2.75) is 43.4 Å². The Morgan fingerprint density at radius 3 is 2.59 bits per heavy atom. The monoisotopic (exact) mass is 249 g/mol. The van der Waals surface area contributed by atoms with Crippen molar-refractivity contribution in [3.05, 3.63) is 35.9 Å². The van der Waals surface area contributed by atoms with Crippen LogP contribution in [0, 0.1) is 0 Å². The molecule has 92 valence electrons. The fourth-order valence-electron chi connectivity index (χ4n) is 2.30. The molecule has 1 fully saturated rings. The Bertz CT molecular complexity index is 360. The number of rotatable bonds is 4. The number of nitrogens with one attached hydrogen (secondary N) is 1. The van der Waals surface area contributed by atoms with Crippen LogP contribution in [0.5, 0.6) is 0 Å². The minimum absolute atomic E-state index is 0.0732. The highest BCUT2D eigenvalue weighted by Crippen LogP contribution is 2.18. The van der Waals surface area contributed by atoms with E-state index in [1.165, 1.54) is 12.8 Å². The number of hydrogen-bond acceptors (Lipinski definition) is 2. The van der Waals surface area contributed by atoms with Crippen molar-refractivity contribution in [3.8, 4) is 0 Å². The van der Waals surface area contributed by atoms with Gasteiger partial charge in [-0.3, -0.25) is 4.79 Å². The summed E-state index contributed by atoms with van der Waals surface area (Å²) < 4.78 is 0. The average molecular weight is 249 g/mol. The van der Waals surface area contributed by atoms with Gasteiger partial charge in [-0.1, -0.05) is 43.2 Å². The van der Waals surface area contributed by atoms with Crippen LogP contribution in [0.3, 0.4) is 0 Å². The largest absolute Gasteiger partial charge is 0.352 e. The zero-order valence-electron chi connectivity index (χ0n) is 9.93. The second-order valence-electron chi connectivity index (χ2n) is 4.70. The van der Waals surface area contributed by atoms with Crippen LogP contribution in [-0.4, -0.2) is 17.2 Å². The standard InChI is InChI=1S/C14H19NOS/c16-14(15-12-8-4-5-9-12)13(17)10-11-6-2-1-3-7-11/h1-3,6-7,12-13,17H,4-5,8-10H2,(H,15,16). The smallest absolute Gasteiger partial charge is 0.233 e. The lowest BCUT2D eigenvalue weighted by Gasteiger charge is -2.16. The fraction of sp³-hybridized carbons (Fsp3) is 0.500. The van der Waals surface area contributed by atoms with Crippen molar-refractivity contribution in [1.29, 1.82) is 0 Å². The third-order valence-electron chi connectivity index (χ3n) is 3.28. The maximum Gasteiger partial charge on any atom is 0.233 e. The minimum Gasteiger partial charge on any atom is -0.352 e. The summed E-state index contributed by atoms with van der Waals surface area (Å²) in [6, 6.07) is 10.4. The minimum atomic E-state index is -0.238. The first-order valence-electron chi connectivity index (χ1n) is 6.28. The lowest BCUT2D eigenvalue weighted by Crippen LogP contribution is -2.38. The van der Waals surface area contributed by atoms with Crippen molar-refractivity contribution in [3.63, 3.8) is 0 Å². The zero-order valence-corrected chi connectivity index (χ0v) is 10.8. The maximum absolute atomic E-state index is 11.9. The van der Waals surface area contributed by atoms with Gasteiger partial charge in [-0.05, 0) is 24.8 Å². The zero-order chi connectivity index (χ0) is 12.1. The lowest BCUT2D eigenvalue weighted by molar-refractivity contribution is -0.121. The van der Waals surface area contributed by atoms with Crippen molar-refractivity contribution in [1.82, 2.24) is 5.32 Å². The molecule has 0 aromatic heterocycles. The van der Waals surface area contributed by atoms with E-state index in [1.807, 2.05) is 30.3 Å². The molecule has 1 saturated carbocycles. The molecule has 0 radical (unpaired) electrons. The number of carbonyl (C=O) groups excluding carboxylic acids is 1. The Balaban J connectivity index is 1.82. The average Bonchev–Trinajstić information content (AvgIpc) is 2.83. The van der Waals surface area contributed by atoms with Crippen LogP contribution < -0.4 is 5.32 Å². The molecule has 2 nitrogen and oxygen atoms in total. The normalized spacial score (nSPS) is 17.9. The molecule has 0 heterocycles. The first-order valence-corrected chi connectivity index (χ1v) is 6.80. The van der Waals surface area contributed by atoms with E-state index in [0.29, 0.717) is 12.5 Å². The van der Waals surface area contributed by atoms with E-state index in [-0.39, 0.29) is 11.2 Å². The van der Waals surface area contributed by atoms with Gasteiger partial charge in [0, 0.05) is 6.04 Å². The predicted molar refractivity (Wildman–Crippen MR) is 73.3 cm³/mol. The van der Waals surface area contributed by atoms with Gasteiger partial charge >= 0.3 is 0 Å². The predicted octanol–water partition coefficient (Wildman–Crippen LogP) is 2.59. The van der Waals surface area contributed by atoms with Crippen molar-refractivity contribution in [2.75, 3.05) is 0 Å². The van der Waals surface area contributed by atoms with Crippen molar-refractivity contribution in [2.24, 2.45) is 0 Å². The fourth-order valence-corrected chi connectivity index (χ4v) is 2.58. The van der Waals surface area contributed by atoms with Gasteiger partial charge in [0.2, 0.25) is 5.91 Å². The quantitative estimate of drug-likeness (QED) is 0.789. The van der Waals surface area contributed by atoms with Gasteiger partial charge in [0.25, 0.3) is 0 Å². The van der Waals surface area contributed by atoms with Crippen LogP contribution in [0.2, 0.25) is 0 Å². The van der Waals surface area contributed by atoms with E-state index in [9.17, 15) is 4.79 Å². The Kier molecular flexibility index (Phi) is 4.49. The number of carbonyl (C=O) groups is 1. The molecule has 2 rings (SSSR count). The van der Waals surface area contributed by atoms with E-state index in [1.54, 1.807) is 0 Å². The number of benzene rings is 1. The van der Waals surface area contributed by atoms with Crippen LogP contribution in [0.15, 0.2) is 30.3 Å². The van der Waals surface area contributed by atoms with Gasteiger partial charge in [-0.15, -0.1) is 0 Å². The van der Waals surface area contributed by atoms with Crippen LogP contribution in [0.4, 0.5) is 0 Å². The SMILES string of the molecule is O=C(NC1CCCC1)C(S)Cc1ccccc1. The Labute approximate surface area is 108 Å². The molecule has 1 atom stereocenters. The third-order valence-corrected chi connectivity index (χ3v) is 3.69. The van der Waals surface area contributed by atoms with E-state index in [4.69, 9.17) is 0 Å². The van der Waals surface area contributed by atoms with Crippen LogP contribution in [-0.2, 0) is 11.2 Å². The first kappa shape index (κ1) is 12.5. The summed E-state index contributed by atoms with van der Waals surface area (Å²) in [5.41, 5.74) is 1.16. The molecule has 1 amide bonds. The van der Waals surface area contributed by atoms with E-state index in [0.717, 1.165) is 18.4 Å². The highest BCUT2D eigenvalue weighted by Gasteiger charge is 2.21. The maximum atomic E-state index is 11.9. The van der Waals surface area contributed by atoms with Crippen molar-refractivity contribution >= 4 is 18.5 Å². The molecule has 1 aromatic carbocycles. The number of thiol groups is 1. The molecule has 0 bridgehead atoms. The van der Waals surface area contributed by atoms with Gasteiger partial charge < -0.3 is 5.32 Å². The lowest BCUT2D eigenvalue weighted by atomic mass is 10.1. The van der Waals surface area contributed by atoms with E-state index >= 15 is 0 Å². The molecule has 0 saturated heterocycles. The first-order chi connectivity index (χ1) is 8.25. The molecule has 0 aliphatic heterocycles. The summed E-state index contributed by atoms with van der Waals surface area (Å²) in [5, 5.41) is 2.85. The summed E-state index contributed by atoms with van der Waals surface area (Å²) >= 11 is 4.40.